The number of rotatable bonds is 5. The molecule has 2 aromatic carbocycles. The van der Waals surface area contributed by atoms with Gasteiger partial charge in [-0.1, -0.05) is 23.2 Å². The molecule has 0 saturated heterocycles. The van der Waals surface area contributed by atoms with Crippen molar-refractivity contribution < 1.29 is 23.5 Å². The molecule has 0 spiro atoms. The summed E-state index contributed by atoms with van der Waals surface area (Å²) in [5, 5.41) is 3.82. The molecule has 3 rings (SSSR count). The highest BCUT2D eigenvalue weighted by Crippen LogP contribution is 2.36. The molecular formula is C19H14Cl2FNO4S. The van der Waals surface area contributed by atoms with Crippen molar-refractivity contribution >= 4 is 62.2 Å². The van der Waals surface area contributed by atoms with Crippen molar-refractivity contribution in [3.63, 3.8) is 0 Å². The predicted molar refractivity (Wildman–Crippen MR) is 108 cm³/mol. The van der Waals surface area contributed by atoms with Crippen LogP contribution in [0.15, 0.2) is 30.3 Å². The number of methoxy groups -OCH3 is 1. The Morgan fingerprint density at radius 2 is 1.96 bits per heavy atom. The zero-order chi connectivity index (χ0) is 20.4. The summed E-state index contributed by atoms with van der Waals surface area (Å²) in [4.78, 5) is 24.6. The maximum atomic E-state index is 13.3. The molecule has 146 valence electrons. The van der Waals surface area contributed by atoms with E-state index in [4.69, 9.17) is 32.7 Å². The molecule has 0 saturated carbocycles. The summed E-state index contributed by atoms with van der Waals surface area (Å²) < 4.78 is 24.1. The Balaban J connectivity index is 1.69. The van der Waals surface area contributed by atoms with Crippen LogP contribution in [0, 0.1) is 12.7 Å². The highest BCUT2D eigenvalue weighted by Gasteiger charge is 2.20. The molecule has 0 bridgehead atoms. The molecule has 0 aliphatic carbocycles. The summed E-state index contributed by atoms with van der Waals surface area (Å²) in [5.74, 6) is -1.38. The third-order valence-electron chi connectivity index (χ3n) is 3.87. The number of benzene rings is 2. The summed E-state index contributed by atoms with van der Waals surface area (Å²) in [5.41, 5.74) is 1.15. The van der Waals surface area contributed by atoms with Gasteiger partial charge in [0.05, 0.1) is 17.8 Å². The third-order valence-corrected chi connectivity index (χ3v) is 5.91. The molecule has 1 heterocycles. The zero-order valence-electron chi connectivity index (χ0n) is 14.8. The fraction of sp³-hybridized carbons (Fsp3) is 0.158. The molecule has 0 fully saturated rings. The van der Waals surface area contributed by atoms with E-state index in [1.807, 2.05) is 0 Å². The van der Waals surface area contributed by atoms with E-state index in [1.165, 1.54) is 25.3 Å². The van der Waals surface area contributed by atoms with Gasteiger partial charge in [0, 0.05) is 21.2 Å². The van der Waals surface area contributed by atoms with Crippen LogP contribution in [0.4, 0.5) is 10.1 Å². The lowest BCUT2D eigenvalue weighted by atomic mass is 10.2. The van der Waals surface area contributed by atoms with Crippen LogP contribution in [0.25, 0.3) is 10.1 Å². The average molecular weight is 442 g/mol. The van der Waals surface area contributed by atoms with Gasteiger partial charge in [0.1, 0.15) is 16.4 Å². The second kappa shape index (κ2) is 8.34. The van der Waals surface area contributed by atoms with Crippen molar-refractivity contribution in [1.29, 1.82) is 0 Å². The molecule has 5 nitrogen and oxygen atoms in total. The number of esters is 1. The van der Waals surface area contributed by atoms with Crippen molar-refractivity contribution in [3.8, 4) is 5.75 Å². The summed E-state index contributed by atoms with van der Waals surface area (Å²) >= 11 is 13.2. The SMILES string of the molecule is COc1cc(Cl)c(C)cc1NC(=O)COC(=O)c1sc2cc(F)ccc2c1Cl. The second-order valence-corrected chi connectivity index (χ2v) is 7.65. The zero-order valence-corrected chi connectivity index (χ0v) is 17.1. The van der Waals surface area contributed by atoms with Crippen molar-refractivity contribution in [2.24, 2.45) is 0 Å². The molecule has 1 amide bonds. The molecule has 0 atom stereocenters. The fourth-order valence-corrected chi connectivity index (χ4v) is 4.06. The normalized spacial score (nSPS) is 10.8. The number of anilines is 1. The first-order chi connectivity index (χ1) is 13.3. The number of amides is 1. The number of aryl methyl sites for hydroxylation is 1. The third kappa shape index (κ3) is 4.22. The summed E-state index contributed by atoms with van der Waals surface area (Å²) in [6.07, 6.45) is 0. The highest BCUT2D eigenvalue weighted by molar-refractivity contribution is 7.21. The number of thiophene rings is 1. The first-order valence-corrected chi connectivity index (χ1v) is 9.56. The Labute approximate surface area is 174 Å². The Bertz CT molecular complexity index is 1080. The van der Waals surface area contributed by atoms with E-state index in [0.29, 0.717) is 26.5 Å². The van der Waals surface area contributed by atoms with Crippen LogP contribution in [0.3, 0.4) is 0 Å². The maximum Gasteiger partial charge on any atom is 0.350 e. The van der Waals surface area contributed by atoms with Crippen LogP contribution in [0.5, 0.6) is 5.75 Å². The maximum absolute atomic E-state index is 13.3. The van der Waals surface area contributed by atoms with E-state index in [9.17, 15) is 14.0 Å². The minimum Gasteiger partial charge on any atom is -0.495 e. The van der Waals surface area contributed by atoms with Gasteiger partial charge in [-0.2, -0.15) is 0 Å². The van der Waals surface area contributed by atoms with Crippen molar-refractivity contribution in [2.75, 3.05) is 19.0 Å². The van der Waals surface area contributed by atoms with Crippen LogP contribution in [-0.2, 0) is 9.53 Å². The minimum absolute atomic E-state index is 0.106. The smallest absolute Gasteiger partial charge is 0.350 e. The summed E-state index contributed by atoms with van der Waals surface area (Å²) in [7, 11) is 1.45. The molecule has 0 unspecified atom stereocenters. The second-order valence-electron chi connectivity index (χ2n) is 5.81. The summed E-state index contributed by atoms with van der Waals surface area (Å²) in [6.45, 7) is 1.26. The van der Waals surface area contributed by atoms with Crippen molar-refractivity contribution in [2.45, 2.75) is 6.92 Å². The van der Waals surface area contributed by atoms with E-state index >= 15 is 0 Å². The fourth-order valence-electron chi connectivity index (χ4n) is 2.48. The van der Waals surface area contributed by atoms with E-state index in [1.54, 1.807) is 19.1 Å². The quantitative estimate of drug-likeness (QED) is 0.533. The van der Waals surface area contributed by atoms with Gasteiger partial charge in [-0.15, -0.1) is 11.3 Å². The topological polar surface area (TPSA) is 64.6 Å². The van der Waals surface area contributed by atoms with Crippen LogP contribution < -0.4 is 10.1 Å². The van der Waals surface area contributed by atoms with E-state index in [0.717, 1.165) is 16.9 Å². The highest BCUT2D eigenvalue weighted by atomic mass is 35.5. The van der Waals surface area contributed by atoms with Gasteiger partial charge in [-0.05, 0) is 36.8 Å². The molecule has 9 heteroatoms. The Hall–Kier alpha value is -2.35. The first kappa shape index (κ1) is 20.4. The number of halogens is 3. The van der Waals surface area contributed by atoms with Gasteiger partial charge in [0.25, 0.3) is 5.91 Å². The van der Waals surface area contributed by atoms with Crippen LogP contribution in [-0.4, -0.2) is 25.6 Å². The lowest BCUT2D eigenvalue weighted by Gasteiger charge is -2.12. The molecule has 28 heavy (non-hydrogen) atoms. The predicted octanol–water partition coefficient (Wildman–Crippen LogP) is 5.46. The first-order valence-electron chi connectivity index (χ1n) is 7.98. The molecule has 1 N–H and O–H groups in total. The summed E-state index contributed by atoms with van der Waals surface area (Å²) in [6, 6.07) is 7.25. The number of fused-ring (bicyclic) bond motifs is 1. The lowest BCUT2D eigenvalue weighted by Crippen LogP contribution is -2.21. The number of nitrogens with one attached hydrogen (secondary N) is 1. The van der Waals surface area contributed by atoms with Gasteiger partial charge in [-0.25, -0.2) is 9.18 Å². The van der Waals surface area contributed by atoms with Crippen LogP contribution >= 0.6 is 34.5 Å². The van der Waals surface area contributed by atoms with Crippen LogP contribution in [0.1, 0.15) is 15.2 Å². The largest absolute Gasteiger partial charge is 0.495 e. The monoisotopic (exact) mass is 441 g/mol. The van der Waals surface area contributed by atoms with E-state index < -0.39 is 24.3 Å². The van der Waals surface area contributed by atoms with E-state index in [-0.39, 0.29) is 9.90 Å². The van der Waals surface area contributed by atoms with Gasteiger partial charge < -0.3 is 14.8 Å². The van der Waals surface area contributed by atoms with Gasteiger partial charge >= 0.3 is 5.97 Å². The Morgan fingerprint density at radius 1 is 1.21 bits per heavy atom. The Morgan fingerprint density at radius 3 is 2.68 bits per heavy atom. The number of ether oxygens (including phenoxy) is 2. The van der Waals surface area contributed by atoms with Gasteiger partial charge in [0.2, 0.25) is 0 Å². The average Bonchev–Trinajstić information content (AvgIpc) is 2.98. The Kier molecular flexibility index (Phi) is 6.07. The number of carbonyl (C=O) groups excluding carboxylic acids is 2. The van der Waals surface area contributed by atoms with Crippen molar-refractivity contribution in [3.05, 3.63) is 56.6 Å². The molecule has 0 aliphatic rings. The molecule has 3 aromatic rings. The molecule has 0 radical (unpaired) electrons. The van der Waals surface area contributed by atoms with Crippen LogP contribution in [0.2, 0.25) is 10.0 Å². The van der Waals surface area contributed by atoms with E-state index in [2.05, 4.69) is 5.32 Å². The number of hydrogen-bond acceptors (Lipinski definition) is 5. The number of hydrogen-bond donors (Lipinski definition) is 1. The lowest BCUT2D eigenvalue weighted by molar-refractivity contribution is -0.119. The standard InChI is InChI=1S/C19H14Cl2FNO4S/c1-9-5-13(14(26-2)7-12(9)20)23-16(24)8-27-19(25)18-17(21)11-4-3-10(22)6-15(11)28-18/h3-7H,8H2,1-2H3,(H,23,24). The number of carbonyl (C=O) groups is 2. The van der Waals surface area contributed by atoms with Gasteiger partial charge in [-0.3, -0.25) is 4.79 Å². The minimum atomic E-state index is -0.763. The van der Waals surface area contributed by atoms with Crippen molar-refractivity contribution in [1.82, 2.24) is 0 Å². The molecular weight excluding hydrogens is 428 g/mol. The van der Waals surface area contributed by atoms with Gasteiger partial charge in [0.15, 0.2) is 6.61 Å². The molecule has 0 aliphatic heterocycles. The molecule has 1 aromatic heterocycles.